The zero-order chi connectivity index (χ0) is 17.4. The second kappa shape index (κ2) is 5.88. The number of nitrogens with zero attached hydrogens (tertiary/aromatic N) is 1. The highest BCUT2D eigenvalue weighted by Gasteiger charge is 2.37. The lowest BCUT2D eigenvalue weighted by molar-refractivity contribution is 0.0744. The molecule has 0 radical (unpaired) electrons. The number of benzene rings is 2. The van der Waals surface area contributed by atoms with Gasteiger partial charge in [-0.2, -0.15) is 0 Å². The Bertz CT molecular complexity index is 961. The van der Waals surface area contributed by atoms with Crippen LogP contribution in [0.5, 0.6) is 11.5 Å². The molecule has 0 saturated carbocycles. The van der Waals surface area contributed by atoms with Crippen molar-refractivity contribution in [1.29, 1.82) is 0 Å². The number of hydrogen-bond acceptors (Lipinski definition) is 4. The highest BCUT2D eigenvalue weighted by molar-refractivity contribution is 6.07. The predicted molar refractivity (Wildman–Crippen MR) is 96.4 cm³/mol. The third-order valence-electron chi connectivity index (χ3n) is 4.66. The van der Waals surface area contributed by atoms with E-state index in [4.69, 9.17) is 9.47 Å². The molecule has 4 rings (SSSR count). The van der Waals surface area contributed by atoms with E-state index in [1.165, 1.54) is 0 Å². The summed E-state index contributed by atoms with van der Waals surface area (Å²) in [6.45, 7) is 1.98. The van der Waals surface area contributed by atoms with Crippen LogP contribution in [0.4, 0.5) is 0 Å². The van der Waals surface area contributed by atoms with E-state index in [0.29, 0.717) is 18.4 Å². The topological polar surface area (TPSA) is 48.4 Å². The minimum atomic E-state index is -0.553. The van der Waals surface area contributed by atoms with E-state index in [0.717, 1.165) is 28.0 Å². The Labute approximate surface area is 146 Å². The first-order chi connectivity index (χ1) is 12.1. The Kier molecular flexibility index (Phi) is 3.68. The summed E-state index contributed by atoms with van der Waals surface area (Å²) >= 11 is 0. The first-order valence-corrected chi connectivity index (χ1v) is 8.31. The predicted octanol–water partition coefficient (Wildman–Crippen LogP) is 4.21. The van der Waals surface area contributed by atoms with Crippen molar-refractivity contribution in [3.63, 3.8) is 0 Å². The highest BCUT2D eigenvalue weighted by atomic mass is 16.5. The molecular weight excluding hydrogens is 314 g/mol. The number of ether oxygens (including phenoxy) is 2. The zero-order valence-corrected chi connectivity index (χ0v) is 14.3. The van der Waals surface area contributed by atoms with Crippen LogP contribution >= 0.6 is 0 Å². The molecule has 1 unspecified atom stereocenters. The molecule has 1 aliphatic rings. The van der Waals surface area contributed by atoms with Gasteiger partial charge in [0.25, 0.3) is 0 Å². The molecule has 3 aromatic rings. The van der Waals surface area contributed by atoms with Gasteiger partial charge in [-0.3, -0.25) is 9.78 Å². The van der Waals surface area contributed by atoms with Crippen LogP contribution in [0.15, 0.2) is 54.7 Å². The van der Waals surface area contributed by atoms with Crippen LogP contribution in [0, 0.1) is 0 Å². The minimum Gasteiger partial charge on any atom is -0.497 e. The summed E-state index contributed by atoms with van der Waals surface area (Å²) in [6.07, 6.45) is 2.71. The van der Waals surface area contributed by atoms with E-state index in [2.05, 4.69) is 4.98 Å². The maximum absolute atomic E-state index is 12.9. The number of methoxy groups -OCH3 is 1. The Hall–Kier alpha value is -2.88. The van der Waals surface area contributed by atoms with Gasteiger partial charge in [0.1, 0.15) is 17.1 Å². The highest BCUT2D eigenvalue weighted by Crippen LogP contribution is 2.39. The molecule has 0 saturated heterocycles. The molecule has 4 nitrogen and oxygen atoms in total. The number of fused-ring (bicyclic) bond motifs is 2. The fraction of sp³-hybridized carbons (Fsp3) is 0.238. The smallest absolute Gasteiger partial charge is 0.169 e. The monoisotopic (exact) mass is 333 g/mol. The molecule has 126 valence electrons. The molecule has 0 aliphatic carbocycles. The van der Waals surface area contributed by atoms with Gasteiger partial charge in [-0.1, -0.05) is 18.2 Å². The standard InChI is InChI=1S/C21H19NO3/c1-21(12-15-11-16(24-2)8-9-19(15)25-21)13-18(23)17-7-3-5-14-6-4-10-22-20(14)17/h3-11H,12-13H2,1-2H3. The second-order valence-electron chi connectivity index (χ2n) is 6.68. The van der Waals surface area contributed by atoms with Crippen molar-refractivity contribution in [1.82, 2.24) is 4.98 Å². The summed E-state index contributed by atoms with van der Waals surface area (Å²) in [5.74, 6) is 1.68. The molecule has 2 aromatic carbocycles. The largest absolute Gasteiger partial charge is 0.497 e. The van der Waals surface area contributed by atoms with Crippen LogP contribution in [0.25, 0.3) is 10.9 Å². The molecule has 0 bridgehead atoms. The summed E-state index contributed by atoms with van der Waals surface area (Å²) in [5.41, 5.74) is 1.92. The van der Waals surface area contributed by atoms with Crippen LogP contribution < -0.4 is 9.47 Å². The molecular formula is C21H19NO3. The lowest BCUT2D eigenvalue weighted by Crippen LogP contribution is -2.33. The maximum atomic E-state index is 12.9. The Balaban J connectivity index is 1.60. The number of hydrogen-bond donors (Lipinski definition) is 0. The van der Waals surface area contributed by atoms with Crippen molar-refractivity contribution in [3.8, 4) is 11.5 Å². The van der Waals surface area contributed by atoms with Gasteiger partial charge >= 0.3 is 0 Å². The number of rotatable bonds is 4. The van der Waals surface area contributed by atoms with Gasteiger partial charge in [-0.15, -0.1) is 0 Å². The van der Waals surface area contributed by atoms with Gasteiger partial charge in [0.05, 0.1) is 19.0 Å². The van der Waals surface area contributed by atoms with Gasteiger partial charge in [-0.25, -0.2) is 0 Å². The van der Waals surface area contributed by atoms with Crippen LogP contribution in [0.1, 0.15) is 29.3 Å². The number of pyridine rings is 1. The van der Waals surface area contributed by atoms with E-state index in [1.807, 2.05) is 55.5 Å². The van der Waals surface area contributed by atoms with Crippen LogP contribution in [0.2, 0.25) is 0 Å². The molecule has 1 aliphatic heterocycles. The molecule has 25 heavy (non-hydrogen) atoms. The number of Topliss-reactive ketones (excluding diaryl/α,β-unsaturated/α-hetero) is 1. The van der Waals surface area contributed by atoms with Gasteiger partial charge in [0.2, 0.25) is 0 Å². The first kappa shape index (κ1) is 15.6. The first-order valence-electron chi connectivity index (χ1n) is 8.31. The summed E-state index contributed by atoms with van der Waals surface area (Å²) in [4.78, 5) is 17.3. The van der Waals surface area contributed by atoms with Crippen LogP contribution in [-0.2, 0) is 6.42 Å². The average Bonchev–Trinajstić information content (AvgIpc) is 2.95. The normalized spacial score (nSPS) is 18.6. The molecule has 4 heteroatoms. The number of ketones is 1. The summed E-state index contributed by atoms with van der Waals surface area (Å²) < 4.78 is 11.4. The molecule has 0 amide bonds. The van der Waals surface area contributed by atoms with Crippen molar-refractivity contribution < 1.29 is 14.3 Å². The minimum absolute atomic E-state index is 0.0478. The SMILES string of the molecule is COc1ccc2c(c1)CC(C)(CC(=O)c1cccc3cccnc13)O2. The summed E-state index contributed by atoms with van der Waals surface area (Å²) in [6, 6.07) is 15.3. The average molecular weight is 333 g/mol. The van der Waals surface area contributed by atoms with Crippen molar-refractivity contribution in [2.45, 2.75) is 25.4 Å². The molecule has 1 atom stereocenters. The lowest BCUT2D eigenvalue weighted by atomic mass is 9.90. The van der Waals surface area contributed by atoms with Crippen molar-refractivity contribution in [2.75, 3.05) is 7.11 Å². The van der Waals surface area contributed by atoms with E-state index in [1.54, 1.807) is 13.3 Å². The number of aromatic nitrogens is 1. The van der Waals surface area contributed by atoms with E-state index in [-0.39, 0.29) is 5.78 Å². The van der Waals surface area contributed by atoms with Crippen LogP contribution in [-0.4, -0.2) is 23.5 Å². The van der Waals surface area contributed by atoms with Gasteiger partial charge in [-0.05, 0) is 37.3 Å². The van der Waals surface area contributed by atoms with Gasteiger partial charge < -0.3 is 9.47 Å². The molecule has 0 spiro atoms. The fourth-order valence-corrected chi connectivity index (χ4v) is 3.49. The zero-order valence-electron chi connectivity index (χ0n) is 14.3. The number of carbonyl (C=O) groups excluding carboxylic acids is 1. The lowest BCUT2D eigenvalue weighted by Gasteiger charge is -2.23. The van der Waals surface area contributed by atoms with E-state index < -0.39 is 5.60 Å². The molecule has 0 fully saturated rings. The van der Waals surface area contributed by atoms with Gasteiger partial charge in [0.15, 0.2) is 5.78 Å². The molecule has 0 N–H and O–H groups in total. The van der Waals surface area contributed by atoms with E-state index in [9.17, 15) is 4.79 Å². The molecule has 2 heterocycles. The van der Waals surface area contributed by atoms with Crippen LogP contribution in [0.3, 0.4) is 0 Å². The van der Waals surface area contributed by atoms with Crippen molar-refractivity contribution in [3.05, 3.63) is 65.9 Å². The second-order valence-corrected chi connectivity index (χ2v) is 6.68. The Morgan fingerprint density at radius 2 is 2.08 bits per heavy atom. The summed E-state index contributed by atoms with van der Waals surface area (Å²) in [7, 11) is 1.65. The quantitative estimate of drug-likeness (QED) is 0.671. The van der Waals surface area contributed by atoms with Crippen molar-refractivity contribution in [2.24, 2.45) is 0 Å². The Morgan fingerprint density at radius 3 is 2.92 bits per heavy atom. The maximum Gasteiger partial charge on any atom is 0.169 e. The van der Waals surface area contributed by atoms with E-state index >= 15 is 0 Å². The van der Waals surface area contributed by atoms with Crippen molar-refractivity contribution >= 4 is 16.7 Å². The third kappa shape index (κ3) is 2.84. The third-order valence-corrected chi connectivity index (χ3v) is 4.66. The molecule has 1 aromatic heterocycles. The summed E-state index contributed by atoms with van der Waals surface area (Å²) in [5, 5.41) is 0.971. The van der Waals surface area contributed by atoms with Gasteiger partial charge in [0, 0.05) is 29.1 Å². The fourth-order valence-electron chi connectivity index (χ4n) is 3.49. The number of carbonyl (C=O) groups is 1. The Morgan fingerprint density at radius 1 is 1.24 bits per heavy atom. The number of para-hydroxylation sites is 1.